The van der Waals surface area contributed by atoms with E-state index >= 15 is 0 Å². The van der Waals surface area contributed by atoms with Crippen molar-refractivity contribution in [3.05, 3.63) is 0 Å². The van der Waals surface area contributed by atoms with Gasteiger partial charge < -0.3 is 0 Å². The van der Waals surface area contributed by atoms with Gasteiger partial charge in [0.05, 0.1) is 0 Å². The van der Waals surface area contributed by atoms with Crippen LogP contribution in [0.4, 0.5) is 0 Å². The summed E-state index contributed by atoms with van der Waals surface area (Å²) < 4.78 is 0. The van der Waals surface area contributed by atoms with Gasteiger partial charge in [-0.05, 0) is 0 Å². The van der Waals surface area contributed by atoms with E-state index in [-0.39, 0.29) is 18.9 Å². The largest absolute Gasteiger partial charge is 0.229 e. The minimum Gasteiger partial charge on any atom is -0.229 e. The molecule has 0 aliphatic carbocycles. The van der Waals surface area contributed by atoms with E-state index in [2.05, 4.69) is 0 Å². The number of nitrogens with one attached hydrogen (secondary N) is 1. The third-order valence-corrected chi connectivity index (χ3v) is 0.112. The zero-order valence-corrected chi connectivity index (χ0v) is 3.39. The number of rotatable bonds is 0. The summed E-state index contributed by atoms with van der Waals surface area (Å²) in [7, 11) is 0. The maximum Gasteiger partial charge on any atom is 0.190 e. The first-order valence-electron chi connectivity index (χ1n) is 0.947. The van der Waals surface area contributed by atoms with Crippen molar-refractivity contribution in [3.8, 4) is 12.4 Å². The molecule has 25 valence electrons. The van der Waals surface area contributed by atoms with Gasteiger partial charge in [-0.25, -0.2) is 5.32 Å². The van der Waals surface area contributed by atoms with E-state index < -0.39 is 0 Å². The Kier molecular flexibility index (Phi) is 13.3. The molecule has 3 nitrogen and oxygen atoms in total. The van der Waals surface area contributed by atoms with Gasteiger partial charge in [-0.2, -0.15) is 10.5 Å². The molecule has 1 N–H and O–H groups in total. The van der Waals surface area contributed by atoms with Crippen molar-refractivity contribution in [3.63, 3.8) is 0 Å². The topological polar surface area (TPSA) is 59.6 Å². The predicted octanol–water partition coefficient (Wildman–Crippen LogP) is -0.843. The first kappa shape index (κ1) is 9.03. The molecule has 0 saturated heterocycles. The van der Waals surface area contributed by atoms with Crippen molar-refractivity contribution >= 4 is 18.9 Å². The summed E-state index contributed by atoms with van der Waals surface area (Å²) in [5, 5.41) is 16.7. The molecule has 0 spiro atoms. The summed E-state index contributed by atoms with van der Waals surface area (Å²) in [6.45, 7) is 0. The second-order valence-electron chi connectivity index (χ2n) is 0.349. The Labute approximate surface area is 47.7 Å². The van der Waals surface area contributed by atoms with Crippen molar-refractivity contribution < 1.29 is 0 Å². The molecule has 0 rings (SSSR count). The Hall–Kier alpha value is -0.623. The fourth-order valence-corrected chi connectivity index (χ4v) is 0.0250. The Balaban J connectivity index is 0. The van der Waals surface area contributed by atoms with Crippen LogP contribution >= 0.6 is 0 Å². The third-order valence-electron chi connectivity index (χ3n) is 0.112. The molecule has 4 heteroatoms. The van der Waals surface area contributed by atoms with Gasteiger partial charge in [-0.1, -0.05) is 0 Å². The molecule has 0 atom stereocenters. The van der Waals surface area contributed by atoms with Gasteiger partial charge in [0.2, 0.25) is 0 Å². The molecule has 0 aromatic rings. The number of nitrogens with zero attached hydrogens (tertiary/aromatic N) is 2. The summed E-state index contributed by atoms with van der Waals surface area (Å²) in [5.41, 5.74) is 0. The van der Waals surface area contributed by atoms with Gasteiger partial charge in [-0.3, -0.25) is 0 Å². The molecule has 0 amide bonds. The van der Waals surface area contributed by atoms with Crippen molar-refractivity contribution in [2.45, 2.75) is 0 Å². The van der Waals surface area contributed by atoms with E-state index in [1.54, 1.807) is 5.32 Å². The third kappa shape index (κ3) is 10.1. The van der Waals surface area contributed by atoms with Crippen LogP contribution in [0, 0.1) is 22.9 Å². The van der Waals surface area contributed by atoms with E-state index in [4.69, 9.17) is 10.5 Å². The zero-order valence-electron chi connectivity index (χ0n) is 3.39. The smallest absolute Gasteiger partial charge is 0.190 e. The van der Waals surface area contributed by atoms with Crippen LogP contribution in [0.5, 0.6) is 0 Å². The maximum absolute atomic E-state index is 7.48. The van der Waals surface area contributed by atoms with Crippen LogP contribution in [0.25, 0.3) is 0 Å². The van der Waals surface area contributed by atoms with Crippen molar-refractivity contribution in [1.29, 1.82) is 10.5 Å². The van der Waals surface area contributed by atoms with E-state index in [0.29, 0.717) is 0 Å². The van der Waals surface area contributed by atoms with E-state index in [1.165, 1.54) is 12.4 Å². The first-order chi connectivity index (χ1) is 2.41. The molecule has 0 bridgehead atoms. The van der Waals surface area contributed by atoms with Crippen LogP contribution in [0.3, 0.4) is 0 Å². The van der Waals surface area contributed by atoms with Crippen LogP contribution < -0.4 is 5.32 Å². The van der Waals surface area contributed by atoms with Crippen LogP contribution in [-0.4, -0.2) is 18.9 Å². The van der Waals surface area contributed by atoms with Crippen molar-refractivity contribution in [2.24, 2.45) is 0 Å². The van der Waals surface area contributed by atoms with E-state index in [1.807, 2.05) is 0 Å². The van der Waals surface area contributed by atoms with Gasteiger partial charge in [-0.15, -0.1) is 0 Å². The van der Waals surface area contributed by atoms with Gasteiger partial charge in [0.25, 0.3) is 0 Å². The summed E-state index contributed by atoms with van der Waals surface area (Å²) in [5.74, 6) is 0. The Morgan fingerprint density at radius 3 is 1.50 bits per heavy atom. The van der Waals surface area contributed by atoms with Gasteiger partial charge in [0.1, 0.15) is 0 Å². The molecule has 0 unspecified atom stereocenters. The monoisotopic (exact) mass is 74.0 g/mol. The second kappa shape index (κ2) is 8.83. The molecule has 0 aliphatic rings. The minimum absolute atomic E-state index is 0. The molecule has 1 radical (unpaired) electrons. The zero-order chi connectivity index (χ0) is 4.12. The number of nitriles is 2. The SMILES string of the molecule is N#CNC#N.[Li]. The molecule has 0 fully saturated rings. The second-order valence-corrected chi connectivity index (χ2v) is 0.349. The minimum atomic E-state index is 0. The quantitative estimate of drug-likeness (QED) is 0.231. The Morgan fingerprint density at radius 2 is 1.50 bits per heavy atom. The molecule has 0 heterocycles. The molecular formula is C2HLiN3. The first-order valence-corrected chi connectivity index (χ1v) is 0.947. The van der Waals surface area contributed by atoms with Gasteiger partial charge in [0, 0.05) is 18.9 Å². The molecule has 0 aromatic carbocycles. The Bertz CT molecular complexity index is 73.9. The van der Waals surface area contributed by atoms with Crippen molar-refractivity contribution in [2.75, 3.05) is 0 Å². The molecule has 6 heavy (non-hydrogen) atoms. The summed E-state index contributed by atoms with van der Waals surface area (Å²) in [6.07, 6.45) is 2.81. The van der Waals surface area contributed by atoms with E-state index in [9.17, 15) is 0 Å². The van der Waals surface area contributed by atoms with Crippen LogP contribution in [0.2, 0.25) is 0 Å². The summed E-state index contributed by atoms with van der Waals surface area (Å²) in [6, 6.07) is 0. The fourth-order valence-electron chi connectivity index (χ4n) is 0.0250. The average molecular weight is 74.0 g/mol. The Morgan fingerprint density at radius 1 is 1.17 bits per heavy atom. The fraction of sp³-hybridized carbons (Fsp3) is 0. The molecule has 0 aromatic heterocycles. The normalized spacial score (nSPS) is 3.00. The average Bonchev–Trinajstić information content (AvgIpc) is 1.41. The van der Waals surface area contributed by atoms with E-state index in [0.717, 1.165) is 0 Å². The summed E-state index contributed by atoms with van der Waals surface area (Å²) in [4.78, 5) is 0. The summed E-state index contributed by atoms with van der Waals surface area (Å²) >= 11 is 0. The van der Waals surface area contributed by atoms with Crippen LogP contribution in [0.15, 0.2) is 0 Å². The van der Waals surface area contributed by atoms with Crippen LogP contribution in [0.1, 0.15) is 0 Å². The van der Waals surface area contributed by atoms with Crippen LogP contribution in [-0.2, 0) is 0 Å². The predicted molar refractivity (Wildman–Crippen MR) is 20.1 cm³/mol. The standard InChI is InChI=1S/C2HN3.Li/c3-1-5-2-4;/h5H;. The molecule has 0 saturated carbocycles. The maximum atomic E-state index is 7.48. The van der Waals surface area contributed by atoms with Gasteiger partial charge >= 0.3 is 0 Å². The molecular weight excluding hydrogens is 73.0 g/mol. The number of hydrogen-bond acceptors (Lipinski definition) is 3. The molecule has 0 aliphatic heterocycles. The number of hydrogen-bond donors (Lipinski definition) is 1. The van der Waals surface area contributed by atoms with Gasteiger partial charge in [0.15, 0.2) is 12.4 Å². The van der Waals surface area contributed by atoms with Crippen molar-refractivity contribution in [1.82, 2.24) is 5.32 Å².